The topological polar surface area (TPSA) is 82.7 Å². The zero-order chi connectivity index (χ0) is 23.0. The van der Waals surface area contributed by atoms with Crippen molar-refractivity contribution in [2.24, 2.45) is 0 Å². The van der Waals surface area contributed by atoms with E-state index in [2.05, 4.69) is 20.3 Å². The summed E-state index contributed by atoms with van der Waals surface area (Å²) in [6.45, 7) is 2.96. The number of rotatable bonds is 9. The van der Waals surface area contributed by atoms with Crippen molar-refractivity contribution in [3.05, 3.63) is 47.5 Å². The molecule has 3 N–H and O–H groups in total. The molecule has 7 nitrogen and oxygen atoms in total. The lowest BCUT2D eigenvalue weighted by molar-refractivity contribution is 0.196. The minimum atomic E-state index is -3.84. The predicted molar refractivity (Wildman–Crippen MR) is 135 cm³/mol. The van der Waals surface area contributed by atoms with Crippen molar-refractivity contribution >= 4 is 56.0 Å². The quantitative estimate of drug-likeness (QED) is 0.349. The average Bonchev–Trinajstić information content (AvgIpc) is 2.79. The molecule has 10 heteroatoms. The SMILES string of the molecule is COCCCNC(=S)Nc1ccc(N2CCCCC2)c(S(=O)(=O)Nc2ccc(Cl)cc2)c1. The van der Waals surface area contributed by atoms with Crippen molar-refractivity contribution in [1.29, 1.82) is 0 Å². The Bertz CT molecular complexity index is 1010. The van der Waals surface area contributed by atoms with Gasteiger partial charge in [0, 0.05) is 49.7 Å². The van der Waals surface area contributed by atoms with Gasteiger partial charge in [-0.15, -0.1) is 0 Å². The Morgan fingerprint density at radius 2 is 1.78 bits per heavy atom. The highest BCUT2D eigenvalue weighted by Gasteiger charge is 2.24. The smallest absolute Gasteiger partial charge is 0.264 e. The summed E-state index contributed by atoms with van der Waals surface area (Å²) in [5.74, 6) is 0. The number of sulfonamides is 1. The summed E-state index contributed by atoms with van der Waals surface area (Å²) < 4.78 is 34.4. The summed E-state index contributed by atoms with van der Waals surface area (Å²) in [7, 11) is -2.19. The number of halogens is 1. The fourth-order valence-electron chi connectivity index (χ4n) is 3.52. The minimum Gasteiger partial charge on any atom is -0.385 e. The predicted octanol–water partition coefficient (Wildman–Crippen LogP) is 4.45. The molecular weight excluding hydrogens is 468 g/mol. The van der Waals surface area contributed by atoms with Gasteiger partial charge in [-0.3, -0.25) is 4.72 Å². The molecule has 32 heavy (non-hydrogen) atoms. The molecule has 1 aliphatic rings. The Morgan fingerprint density at radius 3 is 2.47 bits per heavy atom. The summed E-state index contributed by atoms with van der Waals surface area (Å²) in [5.41, 5.74) is 1.75. The summed E-state index contributed by atoms with van der Waals surface area (Å²) in [4.78, 5) is 2.34. The van der Waals surface area contributed by atoms with Crippen molar-refractivity contribution < 1.29 is 13.2 Å². The normalized spacial score (nSPS) is 14.1. The molecule has 1 heterocycles. The Kier molecular flexibility index (Phi) is 8.98. The number of thiocarbonyl (C=S) groups is 1. The summed E-state index contributed by atoms with van der Waals surface area (Å²) in [6, 6.07) is 11.9. The number of methoxy groups -OCH3 is 1. The first-order valence-electron chi connectivity index (χ1n) is 10.6. The highest BCUT2D eigenvalue weighted by Crippen LogP contribution is 2.32. The molecule has 2 aromatic rings. The zero-order valence-electron chi connectivity index (χ0n) is 18.1. The molecule has 0 saturated carbocycles. The highest BCUT2D eigenvalue weighted by atomic mass is 35.5. The molecule has 1 saturated heterocycles. The Labute approximate surface area is 200 Å². The summed E-state index contributed by atoms with van der Waals surface area (Å²) in [5, 5.41) is 7.16. The first kappa shape index (κ1) is 24.6. The number of hydrogen-bond donors (Lipinski definition) is 3. The highest BCUT2D eigenvalue weighted by molar-refractivity contribution is 7.93. The molecule has 0 radical (unpaired) electrons. The van der Waals surface area contributed by atoms with Crippen LogP contribution in [0.2, 0.25) is 5.02 Å². The van der Waals surface area contributed by atoms with E-state index >= 15 is 0 Å². The van der Waals surface area contributed by atoms with E-state index in [9.17, 15) is 8.42 Å². The largest absolute Gasteiger partial charge is 0.385 e. The summed E-state index contributed by atoms with van der Waals surface area (Å²) >= 11 is 11.3. The van der Waals surface area contributed by atoms with Crippen LogP contribution in [0.25, 0.3) is 0 Å². The maximum absolute atomic E-state index is 13.4. The lowest BCUT2D eigenvalue weighted by atomic mass is 10.1. The Morgan fingerprint density at radius 1 is 1.09 bits per heavy atom. The van der Waals surface area contributed by atoms with Crippen LogP contribution in [-0.2, 0) is 14.8 Å². The number of ether oxygens (including phenoxy) is 1. The van der Waals surface area contributed by atoms with Gasteiger partial charge in [0.05, 0.1) is 5.69 Å². The van der Waals surface area contributed by atoms with E-state index in [1.54, 1.807) is 37.4 Å². The van der Waals surface area contributed by atoms with E-state index in [0.717, 1.165) is 38.8 Å². The van der Waals surface area contributed by atoms with Crippen molar-refractivity contribution in [2.75, 3.05) is 48.3 Å². The fraction of sp³-hybridized carbons (Fsp3) is 0.409. The molecule has 174 valence electrons. The Balaban J connectivity index is 1.85. The van der Waals surface area contributed by atoms with Gasteiger partial charge in [-0.2, -0.15) is 0 Å². The van der Waals surface area contributed by atoms with Crippen molar-refractivity contribution in [3.63, 3.8) is 0 Å². The van der Waals surface area contributed by atoms with Crippen LogP contribution in [0.3, 0.4) is 0 Å². The van der Waals surface area contributed by atoms with Gasteiger partial charge in [0.25, 0.3) is 10.0 Å². The zero-order valence-corrected chi connectivity index (χ0v) is 20.5. The number of nitrogens with zero attached hydrogens (tertiary/aromatic N) is 1. The number of hydrogen-bond acceptors (Lipinski definition) is 5. The second kappa shape index (κ2) is 11.7. The molecule has 0 aliphatic carbocycles. The third kappa shape index (κ3) is 6.96. The van der Waals surface area contributed by atoms with Crippen LogP contribution >= 0.6 is 23.8 Å². The maximum atomic E-state index is 13.4. The van der Waals surface area contributed by atoms with Crippen LogP contribution in [-0.4, -0.2) is 46.9 Å². The maximum Gasteiger partial charge on any atom is 0.264 e. The van der Waals surface area contributed by atoms with Gasteiger partial charge in [-0.05, 0) is 80.4 Å². The van der Waals surface area contributed by atoms with E-state index < -0.39 is 10.0 Å². The molecule has 0 atom stereocenters. The van der Waals surface area contributed by atoms with Gasteiger partial charge < -0.3 is 20.3 Å². The van der Waals surface area contributed by atoms with E-state index in [1.807, 2.05) is 12.1 Å². The number of nitrogens with one attached hydrogen (secondary N) is 3. The molecule has 0 aromatic heterocycles. The van der Waals surface area contributed by atoms with Gasteiger partial charge in [-0.1, -0.05) is 11.6 Å². The first-order valence-corrected chi connectivity index (χ1v) is 12.9. The minimum absolute atomic E-state index is 0.210. The van der Waals surface area contributed by atoms with Crippen molar-refractivity contribution in [2.45, 2.75) is 30.6 Å². The van der Waals surface area contributed by atoms with Gasteiger partial charge in [0.1, 0.15) is 4.90 Å². The fourth-order valence-corrected chi connectivity index (χ4v) is 5.18. The molecule has 1 fully saturated rings. The molecular formula is C22H29ClN4O3S2. The molecule has 0 spiro atoms. The monoisotopic (exact) mass is 496 g/mol. The van der Waals surface area contributed by atoms with Crippen LogP contribution in [0.1, 0.15) is 25.7 Å². The second-order valence-corrected chi connectivity index (χ2v) is 10.1. The molecule has 0 bridgehead atoms. The molecule has 0 unspecified atom stereocenters. The molecule has 3 rings (SSSR count). The number of anilines is 3. The van der Waals surface area contributed by atoms with E-state index in [-0.39, 0.29) is 4.90 Å². The van der Waals surface area contributed by atoms with E-state index in [4.69, 9.17) is 28.6 Å². The van der Waals surface area contributed by atoms with Gasteiger partial charge in [-0.25, -0.2) is 8.42 Å². The van der Waals surface area contributed by atoms with Crippen molar-refractivity contribution in [1.82, 2.24) is 5.32 Å². The van der Waals surface area contributed by atoms with Gasteiger partial charge in [0.2, 0.25) is 0 Å². The van der Waals surface area contributed by atoms with Gasteiger partial charge in [0.15, 0.2) is 5.11 Å². The van der Waals surface area contributed by atoms with Crippen LogP contribution in [0.4, 0.5) is 17.1 Å². The molecule has 2 aromatic carbocycles. The second-order valence-electron chi connectivity index (χ2n) is 7.57. The van der Waals surface area contributed by atoms with Gasteiger partial charge >= 0.3 is 0 Å². The third-order valence-corrected chi connectivity index (χ3v) is 7.02. The lowest BCUT2D eigenvalue weighted by Gasteiger charge is -2.30. The summed E-state index contributed by atoms with van der Waals surface area (Å²) in [6.07, 6.45) is 4.06. The molecule has 0 amide bonds. The lowest BCUT2D eigenvalue weighted by Crippen LogP contribution is -2.32. The van der Waals surface area contributed by atoms with Crippen LogP contribution in [0, 0.1) is 0 Å². The van der Waals surface area contributed by atoms with Crippen LogP contribution in [0.5, 0.6) is 0 Å². The van der Waals surface area contributed by atoms with Crippen LogP contribution in [0.15, 0.2) is 47.4 Å². The first-order chi connectivity index (χ1) is 15.4. The standard InChI is InChI=1S/C22H29ClN4O3S2/c1-30-15-5-12-24-22(31)25-19-10-11-20(27-13-3-2-4-14-27)21(16-19)32(28,29)26-18-8-6-17(23)7-9-18/h6-11,16,26H,2-5,12-15H2,1H3,(H2,24,25,31). The van der Waals surface area contributed by atoms with Crippen LogP contribution < -0.4 is 20.3 Å². The Hall–Kier alpha value is -2.07. The van der Waals surface area contributed by atoms with Crippen molar-refractivity contribution in [3.8, 4) is 0 Å². The average molecular weight is 497 g/mol. The van der Waals surface area contributed by atoms with E-state index in [0.29, 0.717) is 40.3 Å². The third-order valence-electron chi connectivity index (χ3n) is 5.11. The number of piperidine rings is 1. The molecule has 1 aliphatic heterocycles. The number of benzene rings is 2. The van der Waals surface area contributed by atoms with E-state index in [1.165, 1.54) is 0 Å².